The van der Waals surface area contributed by atoms with E-state index in [1.165, 1.54) is 25.8 Å². The van der Waals surface area contributed by atoms with E-state index in [1.54, 1.807) is 0 Å². The van der Waals surface area contributed by atoms with Crippen molar-refractivity contribution in [1.82, 2.24) is 4.90 Å². The predicted molar refractivity (Wildman–Crippen MR) is 66.6 cm³/mol. The van der Waals surface area contributed by atoms with Gasteiger partial charge in [0, 0.05) is 16.9 Å². The zero-order chi connectivity index (χ0) is 11.1. The van der Waals surface area contributed by atoms with Gasteiger partial charge in [0.1, 0.15) is 0 Å². The summed E-state index contributed by atoms with van der Waals surface area (Å²) in [5.74, 6) is 0. The number of likely N-dealkylation sites (tertiary alicyclic amines) is 1. The van der Waals surface area contributed by atoms with E-state index in [0.29, 0.717) is 17.0 Å². The summed E-state index contributed by atoms with van der Waals surface area (Å²) in [7, 11) is 0. The molecule has 2 rings (SSSR count). The first-order chi connectivity index (χ1) is 7.00. The number of hydrogen-bond acceptors (Lipinski definition) is 2. The number of ether oxygens (including phenoxy) is 1. The molecule has 3 atom stereocenters. The molecule has 15 heavy (non-hydrogen) atoms. The number of alkyl halides is 1. The summed E-state index contributed by atoms with van der Waals surface area (Å²) in [6.07, 6.45) is 4.67. The average molecular weight is 276 g/mol. The van der Waals surface area contributed by atoms with Gasteiger partial charge in [0.15, 0.2) is 0 Å². The topological polar surface area (TPSA) is 12.5 Å². The quantitative estimate of drug-likeness (QED) is 0.719. The highest BCUT2D eigenvalue weighted by atomic mass is 79.9. The maximum Gasteiger partial charge on any atom is 0.0706 e. The van der Waals surface area contributed by atoms with Gasteiger partial charge in [-0.2, -0.15) is 0 Å². The summed E-state index contributed by atoms with van der Waals surface area (Å²) < 4.78 is 5.89. The van der Waals surface area contributed by atoms with E-state index in [2.05, 4.69) is 41.6 Å². The third kappa shape index (κ3) is 2.40. The Morgan fingerprint density at radius 2 is 2.07 bits per heavy atom. The van der Waals surface area contributed by atoms with E-state index in [-0.39, 0.29) is 5.54 Å². The van der Waals surface area contributed by atoms with Gasteiger partial charge in [0.2, 0.25) is 0 Å². The molecule has 0 aromatic carbocycles. The van der Waals surface area contributed by atoms with Crippen LogP contribution in [0.2, 0.25) is 0 Å². The smallest absolute Gasteiger partial charge is 0.0706 e. The van der Waals surface area contributed by atoms with Gasteiger partial charge in [-0.25, -0.2) is 0 Å². The van der Waals surface area contributed by atoms with E-state index >= 15 is 0 Å². The van der Waals surface area contributed by atoms with Crippen molar-refractivity contribution in [3.63, 3.8) is 0 Å². The third-order valence-electron chi connectivity index (χ3n) is 3.98. The predicted octanol–water partition coefficient (Wildman–Crippen LogP) is 2.80. The lowest BCUT2D eigenvalue weighted by Gasteiger charge is -2.35. The van der Waals surface area contributed by atoms with Gasteiger partial charge >= 0.3 is 0 Å². The van der Waals surface area contributed by atoms with Crippen LogP contribution in [-0.2, 0) is 4.74 Å². The fourth-order valence-corrected chi connectivity index (χ4v) is 3.19. The van der Waals surface area contributed by atoms with E-state index in [1.807, 2.05) is 0 Å². The van der Waals surface area contributed by atoms with Gasteiger partial charge in [-0.3, -0.25) is 4.90 Å². The van der Waals surface area contributed by atoms with Crippen LogP contribution in [0.25, 0.3) is 0 Å². The largest absolute Gasteiger partial charge is 0.374 e. The first kappa shape index (κ1) is 11.9. The molecule has 0 spiro atoms. The van der Waals surface area contributed by atoms with Gasteiger partial charge < -0.3 is 4.74 Å². The van der Waals surface area contributed by atoms with Crippen molar-refractivity contribution in [3.05, 3.63) is 0 Å². The summed E-state index contributed by atoms with van der Waals surface area (Å²) in [5, 5.41) is 0. The van der Waals surface area contributed by atoms with Crippen LogP contribution in [0.4, 0.5) is 0 Å². The number of nitrogens with zero attached hydrogens (tertiary/aromatic N) is 1. The minimum atomic E-state index is 0.287. The lowest BCUT2D eigenvalue weighted by molar-refractivity contribution is 0.0184. The van der Waals surface area contributed by atoms with Crippen molar-refractivity contribution in [1.29, 1.82) is 0 Å². The van der Waals surface area contributed by atoms with Crippen LogP contribution >= 0.6 is 15.9 Å². The standard InChI is InChI=1S/C12H22BrNO/c1-9-4-5-10(15-9)8-14-7-6-11(13)12(14,2)3/h9-11H,4-8H2,1-3H3. The molecule has 0 saturated carbocycles. The van der Waals surface area contributed by atoms with Crippen LogP contribution in [0.3, 0.4) is 0 Å². The summed E-state index contributed by atoms with van der Waals surface area (Å²) in [6.45, 7) is 9.16. The summed E-state index contributed by atoms with van der Waals surface area (Å²) in [5.41, 5.74) is 0.287. The van der Waals surface area contributed by atoms with Crippen molar-refractivity contribution in [2.24, 2.45) is 0 Å². The maximum absolute atomic E-state index is 5.89. The second-order valence-electron chi connectivity index (χ2n) is 5.50. The second-order valence-corrected chi connectivity index (χ2v) is 6.61. The Kier molecular flexibility index (Phi) is 3.44. The van der Waals surface area contributed by atoms with Crippen molar-refractivity contribution in [2.45, 2.75) is 62.6 Å². The van der Waals surface area contributed by atoms with E-state index < -0.39 is 0 Å². The Morgan fingerprint density at radius 3 is 2.53 bits per heavy atom. The minimum absolute atomic E-state index is 0.287. The Labute approximate surface area is 101 Å². The molecule has 0 bridgehead atoms. The molecule has 3 heteroatoms. The Hall–Kier alpha value is 0.400. The summed E-state index contributed by atoms with van der Waals surface area (Å²) >= 11 is 3.78. The first-order valence-electron chi connectivity index (χ1n) is 6.04. The Bertz CT molecular complexity index is 232. The molecule has 3 unspecified atom stereocenters. The van der Waals surface area contributed by atoms with E-state index in [0.717, 1.165) is 6.54 Å². The summed E-state index contributed by atoms with van der Waals surface area (Å²) in [4.78, 5) is 3.21. The summed E-state index contributed by atoms with van der Waals surface area (Å²) in [6, 6.07) is 0. The van der Waals surface area contributed by atoms with Gasteiger partial charge in [0.25, 0.3) is 0 Å². The SMILES string of the molecule is CC1CCC(CN2CCC(Br)C2(C)C)O1. The van der Waals surface area contributed by atoms with Gasteiger partial charge in [-0.05, 0) is 46.6 Å². The third-order valence-corrected chi connectivity index (χ3v) is 5.56. The molecule has 0 amide bonds. The second kappa shape index (κ2) is 4.34. The fourth-order valence-electron chi connectivity index (χ4n) is 2.70. The Balaban J connectivity index is 1.90. The first-order valence-corrected chi connectivity index (χ1v) is 6.96. The highest BCUT2D eigenvalue weighted by Gasteiger charge is 2.41. The number of rotatable bonds is 2. The molecule has 2 heterocycles. The number of hydrogen-bond donors (Lipinski definition) is 0. The molecule has 0 aromatic heterocycles. The molecule has 2 saturated heterocycles. The zero-order valence-electron chi connectivity index (χ0n) is 10.0. The molecular weight excluding hydrogens is 254 g/mol. The maximum atomic E-state index is 5.89. The van der Waals surface area contributed by atoms with Crippen LogP contribution in [0.5, 0.6) is 0 Å². The molecule has 88 valence electrons. The van der Waals surface area contributed by atoms with E-state index in [9.17, 15) is 0 Å². The molecule has 2 fully saturated rings. The zero-order valence-corrected chi connectivity index (χ0v) is 11.6. The number of halogens is 1. The van der Waals surface area contributed by atoms with Crippen molar-refractivity contribution < 1.29 is 4.74 Å². The van der Waals surface area contributed by atoms with Crippen LogP contribution in [0.15, 0.2) is 0 Å². The minimum Gasteiger partial charge on any atom is -0.374 e. The van der Waals surface area contributed by atoms with Crippen molar-refractivity contribution in [2.75, 3.05) is 13.1 Å². The molecule has 2 aliphatic heterocycles. The van der Waals surface area contributed by atoms with Crippen molar-refractivity contribution >= 4 is 15.9 Å². The Morgan fingerprint density at radius 1 is 1.33 bits per heavy atom. The van der Waals surface area contributed by atoms with Crippen LogP contribution < -0.4 is 0 Å². The normalized spacial score (nSPS) is 41.2. The van der Waals surface area contributed by atoms with Crippen LogP contribution in [0.1, 0.15) is 40.0 Å². The lowest BCUT2D eigenvalue weighted by Crippen LogP contribution is -2.46. The fraction of sp³-hybridized carbons (Fsp3) is 1.00. The van der Waals surface area contributed by atoms with Gasteiger partial charge in [-0.1, -0.05) is 15.9 Å². The van der Waals surface area contributed by atoms with Crippen molar-refractivity contribution in [3.8, 4) is 0 Å². The highest BCUT2D eigenvalue weighted by molar-refractivity contribution is 9.09. The van der Waals surface area contributed by atoms with E-state index in [4.69, 9.17) is 4.74 Å². The molecule has 0 N–H and O–H groups in total. The highest BCUT2D eigenvalue weighted by Crippen LogP contribution is 2.35. The molecule has 0 aromatic rings. The molecule has 0 radical (unpaired) electrons. The monoisotopic (exact) mass is 275 g/mol. The molecule has 0 aliphatic carbocycles. The molecular formula is C12H22BrNO. The lowest BCUT2D eigenvalue weighted by atomic mass is 10.0. The molecule has 2 nitrogen and oxygen atoms in total. The average Bonchev–Trinajstić information content (AvgIpc) is 2.66. The molecule has 2 aliphatic rings. The van der Waals surface area contributed by atoms with Gasteiger partial charge in [0.05, 0.1) is 12.2 Å². The van der Waals surface area contributed by atoms with Gasteiger partial charge in [-0.15, -0.1) is 0 Å². The van der Waals surface area contributed by atoms with Crippen LogP contribution in [0, 0.1) is 0 Å². The van der Waals surface area contributed by atoms with Crippen LogP contribution in [-0.4, -0.2) is 40.6 Å².